The lowest BCUT2D eigenvalue weighted by molar-refractivity contribution is -0.137. The molecule has 0 aliphatic rings. The second-order valence-electron chi connectivity index (χ2n) is 8.76. The van der Waals surface area contributed by atoms with Crippen molar-refractivity contribution in [3.63, 3.8) is 0 Å². The molecular weight excluding hydrogens is 511 g/mol. The number of ether oxygens (including phenoxy) is 1. The molecule has 2 N–H and O–H groups in total. The van der Waals surface area contributed by atoms with E-state index in [-0.39, 0.29) is 18.4 Å². The second-order valence-corrected chi connectivity index (χ2v) is 8.76. The molecule has 202 valence electrons. The van der Waals surface area contributed by atoms with E-state index >= 15 is 0 Å². The van der Waals surface area contributed by atoms with Gasteiger partial charge >= 0.3 is 6.18 Å². The molecule has 8 nitrogen and oxygen atoms in total. The van der Waals surface area contributed by atoms with Gasteiger partial charge in [0, 0.05) is 12.6 Å². The number of nitrogens with one attached hydrogen (secondary N) is 2. The zero-order chi connectivity index (χ0) is 28.2. The largest absolute Gasteiger partial charge is 0.489 e. The Hall–Kier alpha value is -4.67. The van der Waals surface area contributed by atoms with E-state index < -0.39 is 11.7 Å². The van der Waals surface area contributed by atoms with Crippen molar-refractivity contribution >= 4 is 17.5 Å². The Morgan fingerprint density at radius 3 is 2.28 bits per heavy atom. The van der Waals surface area contributed by atoms with Crippen LogP contribution < -0.4 is 15.4 Å². The number of amides is 2. The van der Waals surface area contributed by atoms with Crippen LogP contribution in [0.2, 0.25) is 0 Å². The van der Waals surface area contributed by atoms with Gasteiger partial charge in [0.25, 0.3) is 11.8 Å². The number of carbonyl (C=O) groups excluding carboxylic acids is 2. The molecule has 0 fully saturated rings. The van der Waals surface area contributed by atoms with E-state index in [0.717, 1.165) is 23.4 Å². The first-order valence-electron chi connectivity index (χ1n) is 12.0. The average Bonchev–Trinajstić information content (AvgIpc) is 3.18. The number of aromatic nitrogens is 3. The summed E-state index contributed by atoms with van der Waals surface area (Å²) < 4.78 is 45.4. The van der Waals surface area contributed by atoms with Crippen molar-refractivity contribution in [3.05, 3.63) is 106 Å². The maximum Gasteiger partial charge on any atom is 0.416 e. The number of hydrogen-bond acceptors (Lipinski definition) is 5. The van der Waals surface area contributed by atoms with Gasteiger partial charge in [0.1, 0.15) is 18.1 Å². The molecule has 2 heterocycles. The van der Waals surface area contributed by atoms with Crippen LogP contribution in [0.15, 0.2) is 66.7 Å². The van der Waals surface area contributed by atoms with Crippen LogP contribution in [0.3, 0.4) is 0 Å². The number of alkyl halides is 3. The van der Waals surface area contributed by atoms with Crippen LogP contribution in [-0.2, 0) is 19.3 Å². The smallest absolute Gasteiger partial charge is 0.416 e. The lowest BCUT2D eigenvalue weighted by atomic mass is 10.1. The zero-order valence-corrected chi connectivity index (χ0v) is 21.5. The first-order valence-corrected chi connectivity index (χ1v) is 12.0. The summed E-state index contributed by atoms with van der Waals surface area (Å²) in [5.74, 6) is -0.297. The molecule has 4 rings (SSSR count). The highest BCUT2D eigenvalue weighted by molar-refractivity contribution is 6.04. The first kappa shape index (κ1) is 27.4. The van der Waals surface area contributed by atoms with Crippen molar-refractivity contribution in [2.24, 2.45) is 0 Å². The molecule has 0 saturated heterocycles. The van der Waals surface area contributed by atoms with Crippen LogP contribution in [0.1, 0.15) is 49.1 Å². The Morgan fingerprint density at radius 1 is 0.949 bits per heavy atom. The number of carbonyl (C=O) groups is 2. The molecule has 0 radical (unpaired) electrons. The van der Waals surface area contributed by atoms with Gasteiger partial charge in [0.05, 0.1) is 34.9 Å². The molecule has 2 amide bonds. The van der Waals surface area contributed by atoms with Gasteiger partial charge in [-0.15, -0.1) is 0 Å². The molecule has 0 bridgehead atoms. The number of pyridine rings is 1. The van der Waals surface area contributed by atoms with E-state index in [2.05, 4.69) is 20.7 Å². The topological polar surface area (TPSA) is 98.1 Å². The monoisotopic (exact) mass is 537 g/mol. The lowest BCUT2D eigenvalue weighted by Crippen LogP contribution is -2.20. The van der Waals surface area contributed by atoms with E-state index in [1.54, 1.807) is 54.1 Å². The fourth-order valence-corrected chi connectivity index (χ4v) is 3.85. The summed E-state index contributed by atoms with van der Waals surface area (Å²) in [5.41, 5.74) is 3.31. The standard InChI is InChI=1S/C28H26F3N5O3/c1-17-25(18(2)36(35-17)15-22-5-4-6-24(33-22)27(38)32-3)34-26(37)20-9-7-19(8-10-20)16-39-23-13-11-21(12-14-23)28(29,30)31/h4-14H,15-16H2,1-3H3,(H,32,38)(H,34,37). The molecular formula is C28H26F3N5O3. The maximum atomic E-state index is 12.9. The fourth-order valence-electron chi connectivity index (χ4n) is 3.85. The highest BCUT2D eigenvalue weighted by Crippen LogP contribution is 2.30. The molecule has 4 aromatic rings. The minimum atomic E-state index is -4.40. The second kappa shape index (κ2) is 11.4. The van der Waals surface area contributed by atoms with Gasteiger partial charge in [0.15, 0.2) is 0 Å². The Kier molecular flexibility index (Phi) is 7.99. The SMILES string of the molecule is CNC(=O)c1cccc(Cn2nc(C)c(NC(=O)c3ccc(COc4ccc(C(F)(F)F)cc4)cc3)c2C)n1. The van der Waals surface area contributed by atoms with E-state index in [1.807, 2.05) is 6.92 Å². The summed E-state index contributed by atoms with van der Waals surface area (Å²) in [7, 11) is 1.54. The Balaban J connectivity index is 1.38. The predicted octanol–water partition coefficient (Wildman–Crippen LogP) is 5.15. The summed E-state index contributed by atoms with van der Waals surface area (Å²) in [4.78, 5) is 29.2. The molecule has 39 heavy (non-hydrogen) atoms. The molecule has 2 aromatic carbocycles. The van der Waals surface area contributed by atoms with Crippen molar-refractivity contribution in [3.8, 4) is 5.75 Å². The Morgan fingerprint density at radius 2 is 1.64 bits per heavy atom. The number of anilines is 1. The van der Waals surface area contributed by atoms with E-state index in [0.29, 0.717) is 40.6 Å². The number of rotatable bonds is 8. The minimum absolute atomic E-state index is 0.132. The molecule has 11 heteroatoms. The Labute approximate surface area is 222 Å². The van der Waals surface area contributed by atoms with Crippen molar-refractivity contribution in [2.45, 2.75) is 33.2 Å². The summed E-state index contributed by atoms with van der Waals surface area (Å²) in [6, 6.07) is 16.4. The van der Waals surface area contributed by atoms with Gasteiger partial charge in [-0.1, -0.05) is 18.2 Å². The zero-order valence-electron chi connectivity index (χ0n) is 21.5. The van der Waals surface area contributed by atoms with Crippen LogP contribution in [0.25, 0.3) is 0 Å². The first-order chi connectivity index (χ1) is 18.5. The summed E-state index contributed by atoms with van der Waals surface area (Å²) in [6.07, 6.45) is -4.40. The molecule has 0 atom stereocenters. The van der Waals surface area contributed by atoms with Crippen LogP contribution in [0.4, 0.5) is 18.9 Å². The van der Waals surface area contributed by atoms with Crippen molar-refractivity contribution in [1.29, 1.82) is 0 Å². The van der Waals surface area contributed by atoms with Crippen LogP contribution in [0, 0.1) is 13.8 Å². The summed E-state index contributed by atoms with van der Waals surface area (Å²) in [6.45, 7) is 4.07. The van der Waals surface area contributed by atoms with Gasteiger partial charge in [-0.05, 0) is 67.9 Å². The summed E-state index contributed by atoms with van der Waals surface area (Å²) in [5, 5.41) is 9.97. The minimum Gasteiger partial charge on any atom is -0.489 e. The van der Waals surface area contributed by atoms with Gasteiger partial charge < -0.3 is 15.4 Å². The fraction of sp³-hybridized carbons (Fsp3) is 0.214. The third kappa shape index (κ3) is 6.61. The van der Waals surface area contributed by atoms with Gasteiger partial charge in [0.2, 0.25) is 0 Å². The highest BCUT2D eigenvalue weighted by Gasteiger charge is 2.30. The van der Waals surface area contributed by atoms with Crippen LogP contribution >= 0.6 is 0 Å². The van der Waals surface area contributed by atoms with Gasteiger partial charge in [-0.3, -0.25) is 14.3 Å². The van der Waals surface area contributed by atoms with Crippen molar-refractivity contribution < 1.29 is 27.5 Å². The molecule has 0 unspecified atom stereocenters. The number of benzene rings is 2. The Bertz CT molecular complexity index is 1480. The van der Waals surface area contributed by atoms with E-state index in [9.17, 15) is 22.8 Å². The highest BCUT2D eigenvalue weighted by atomic mass is 19.4. The number of aryl methyl sites for hydroxylation is 1. The predicted molar refractivity (Wildman–Crippen MR) is 139 cm³/mol. The molecule has 0 aliphatic heterocycles. The molecule has 0 spiro atoms. The third-order valence-corrected chi connectivity index (χ3v) is 6.00. The lowest BCUT2D eigenvalue weighted by Gasteiger charge is -2.10. The quantitative estimate of drug-likeness (QED) is 0.324. The average molecular weight is 538 g/mol. The van der Waals surface area contributed by atoms with Crippen molar-refractivity contribution in [1.82, 2.24) is 20.1 Å². The molecule has 0 saturated carbocycles. The normalized spacial score (nSPS) is 11.2. The van der Waals surface area contributed by atoms with Gasteiger partial charge in [-0.25, -0.2) is 4.98 Å². The van der Waals surface area contributed by atoms with E-state index in [4.69, 9.17) is 4.74 Å². The van der Waals surface area contributed by atoms with Crippen LogP contribution in [0.5, 0.6) is 5.75 Å². The van der Waals surface area contributed by atoms with E-state index in [1.165, 1.54) is 19.2 Å². The van der Waals surface area contributed by atoms with Crippen LogP contribution in [-0.4, -0.2) is 33.6 Å². The number of hydrogen-bond donors (Lipinski definition) is 2. The third-order valence-electron chi connectivity index (χ3n) is 6.00. The maximum absolute atomic E-state index is 12.9. The molecule has 0 aliphatic carbocycles. The van der Waals surface area contributed by atoms with Crippen molar-refractivity contribution in [2.75, 3.05) is 12.4 Å². The van der Waals surface area contributed by atoms with Gasteiger partial charge in [-0.2, -0.15) is 18.3 Å². The number of halogens is 3. The summed E-state index contributed by atoms with van der Waals surface area (Å²) >= 11 is 0. The number of nitrogens with zero attached hydrogens (tertiary/aromatic N) is 3. The molecule has 2 aromatic heterocycles.